The number of hydrogen-bond acceptors (Lipinski definition) is 3. The zero-order chi connectivity index (χ0) is 12.1. The molecule has 3 aliphatic carbocycles. The lowest BCUT2D eigenvalue weighted by molar-refractivity contribution is -0.121. The summed E-state index contributed by atoms with van der Waals surface area (Å²) in [5, 5.41) is 5.96. The highest BCUT2D eigenvalue weighted by atomic mass is 32.1. The first kappa shape index (κ1) is 11.0. The van der Waals surface area contributed by atoms with Gasteiger partial charge >= 0.3 is 0 Å². The third kappa shape index (κ3) is 1.87. The number of rotatable bonds is 3. The van der Waals surface area contributed by atoms with Gasteiger partial charge in [0.15, 0.2) is 5.13 Å². The van der Waals surface area contributed by atoms with Crippen LogP contribution in [-0.4, -0.2) is 10.9 Å². The van der Waals surface area contributed by atoms with Crippen LogP contribution in [0.2, 0.25) is 0 Å². The van der Waals surface area contributed by atoms with Crippen molar-refractivity contribution in [1.29, 1.82) is 0 Å². The van der Waals surface area contributed by atoms with Gasteiger partial charge in [-0.15, -0.1) is 11.3 Å². The third-order valence-electron chi connectivity index (χ3n) is 4.82. The van der Waals surface area contributed by atoms with Crippen molar-refractivity contribution in [3.05, 3.63) is 11.1 Å². The molecule has 1 amide bonds. The fraction of sp³-hybridized carbons (Fsp3) is 0.714. The van der Waals surface area contributed by atoms with Crippen molar-refractivity contribution in [1.82, 2.24) is 4.98 Å². The molecule has 3 aliphatic rings. The van der Waals surface area contributed by atoms with Crippen LogP contribution in [-0.2, 0) is 4.79 Å². The Morgan fingerprint density at radius 2 is 2.17 bits per heavy atom. The van der Waals surface area contributed by atoms with Crippen molar-refractivity contribution >= 4 is 22.4 Å². The van der Waals surface area contributed by atoms with E-state index in [4.69, 9.17) is 0 Å². The summed E-state index contributed by atoms with van der Waals surface area (Å²) in [5.41, 5.74) is 1.18. The van der Waals surface area contributed by atoms with Crippen LogP contribution in [0.1, 0.15) is 50.1 Å². The summed E-state index contributed by atoms with van der Waals surface area (Å²) in [6.07, 6.45) is 7.53. The van der Waals surface area contributed by atoms with Crippen LogP contribution in [0.25, 0.3) is 0 Å². The maximum Gasteiger partial charge on any atom is 0.229 e. The van der Waals surface area contributed by atoms with Crippen molar-refractivity contribution in [2.45, 2.75) is 44.4 Å². The minimum atomic E-state index is 0.221. The number of carbonyl (C=O) groups is 1. The average Bonchev–Trinajstić information content (AvgIpc) is 2.82. The number of anilines is 1. The van der Waals surface area contributed by atoms with Crippen LogP contribution in [0.3, 0.4) is 0 Å². The lowest BCUT2D eigenvalue weighted by atomic mass is 9.88. The molecule has 18 heavy (non-hydrogen) atoms. The minimum Gasteiger partial charge on any atom is -0.302 e. The highest BCUT2D eigenvalue weighted by Crippen LogP contribution is 2.48. The molecule has 3 nitrogen and oxygen atoms in total. The molecule has 3 unspecified atom stereocenters. The molecule has 0 spiro atoms. The largest absolute Gasteiger partial charge is 0.302 e. The number of nitrogens with zero attached hydrogens (tertiary/aromatic N) is 1. The molecule has 3 atom stereocenters. The summed E-state index contributed by atoms with van der Waals surface area (Å²) in [6, 6.07) is 0. The summed E-state index contributed by atoms with van der Waals surface area (Å²) in [7, 11) is 0. The number of carbonyl (C=O) groups excluding carboxylic acids is 1. The van der Waals surface area contributed by atoms with Gasteiger partial charge in [0, 0.05) is 17.2 Å². The Kier molecular flexibility index (Phi) is 2.47. The van der Waals surface area contributed by atoms with Gasteiger partial charge in [0.2, 0.25) is 5.91 Å². The van der Waals surface area contributed by atoms with Crippen molar-refractivity contribution < 1.29 is 4.79 Å². The summed E-state index contributed by atoms with van der Waals surface area (Å²) < 4.78 is 0. The van der Waals surface area contributed by atoms with Gasteiger partial charge in [0.05, 0.1) is 5.69 Å². The number of thiazole rings is 1. The maximum absolute atomic E-state index is 12.3. The number of fused-ring (bicyclic) bond motifs is 2. The van der Waals surface area contributed by atoms with Gasteiger partial charge < -0.3 is 5.32 Å². The lowest BCUT2D eigenvalue weighted by Gasteiger charge is -2.19. The van der Waals surface area contributed by atoms with E-state index in [-0.39, 0.29) is 11.8 Å². The van der Waals surface area contributed by atoms with Gasteiger partial charge in [0.25, 0.3) is 0 Å². The molecule has 1 heterocycles. The second-order valence-corrected chi connectivity index (χ2v) is 6.98. The molecule has 1 N–H and O–H groups in total. The van der Waals surface area contributed by atoms with Gasteiger partial charge in [-0.25, -0.2) is 4.98 Å². The number of hydrogen-bond donors (Lipinski definition) is 1. The first-order chi connectivity index (χ1) is 8.79. The maximum atomic E-state index is 12.3. The van der Waals surface area contributed by atoms with Crippen LogP contribution < -0.4 is 5.32 Å². The molecule has 0 aliphatic heterocycles. The molecule has 1 aromatic rings. The summed E-state index contributed by atoms with van der Waals surface area (Å²) >= 11 is 1.58. The van der Waals surface area contributed by atoms with Crippen molar-refractivity contribution in [3.63, 3.8) is 0 Å². The predicted octanol–water partition coefficient (Wildman–Crippen LogP) is 3.40. The molecule has 3 saturated carbocycles. The molecule has 3 fully saturated rings. The zero-order valence-electron chi connectivity index (χ0n) is 10.4. The van der Waals surface area contributed by atoms with Crippen LogP contribution in [0.4, 0.5) is 5.13 Å². The summed E-state index contributed by atoms with van der Waals surface area (Å²) in [4.78, 5) is 16.8. The molecule has 96 valence electrons. The van der Waals surface area contributed by atoms with Gasteiger partial charge in [0.1, 0.15) is 0 Å². The van der Waals surface area contributed by atoms with Crippen LogP contribution >= 0.6 is 11.3 Å². The van der Waals surface area contributed by atoms with E-state index in [0.29, 0.717) is 11.8 Å². The summed E-state index contributed by atoms with van der Waals surface area (Å²) in [6.45, 7) is 0. The Hall–Kier alpha value is -0.900. The van der Waals surface area contributed by atoms with Crippen LogP contribution in [0.15, 0.2) is 5.38 Å². The molecule has 4 heteroatoms. The Bertz CT molecular complexity index is 480. The fourth-order valence-electron chi connectivity index (χ4n) is 3.67. The lowest BCUT2D eigenvalue weighted by Crippen LogP contribution is -2.27. The highest BCUT2D eigenvalue weighted by molar-refractivity contribution is 7.13. The minimum absolute atomic E-state index is 0.221. The van der Waals surface area contributed by atoms with Crippen LogP contribution in [0.5, 0.6) is 0 Å². The molecule has 0 saturated heterocycles. The van der Waals surface area contributed by atoms with Gasteiger partial charge in [-0.1, -0.05) is 6.42 Å². The normalized spacial score (nSPS) is 33.9. The van der Waals surface area contributed by atoms with Crippen molar-refractivity contribution in [2.75, 3.05) is 5.32 Å². The van der Waals surface area contributed by atoms with E-state index in [1.807, 2.05) is 0 Å². The van der Waals surface area contributed by atoms with E-state index in [9.17, 15) is 4.79 Å². The summed E-state index contributed by atoms with van der Waals surface area (Å²) in [5.74, 6) is 2.63. The molecule has 0 radical (unpaired) electrons. The van der Waals surface area contributed by atoms with E-state index in [1.54, 1.807) is 11.3 Å². The van der Waals surface area contributed by atoms with Crippen LogP contribution in [0, 0.1) is 17.8 Å². The highest BCUT2D eigenvalue weighted by Gasteiger charge is 2.43. The molecular weight excluding hydrogens is 244 g/mol. The second kappa shape index (κ2) is 4.05. The third-order valence-corrected chi connectivity index (χ3v) is 5.60. The molecule has 0 aromatic carbocycles. The first-order valence-corrected chi connectivity index (χ1v) is 7.94. The molecule has 1 aromatic heterocycles. The average molecular weight is 262 g/mol. The number of aromatic nitrogens is 1. The van der Waals surface area contributed by atoms with E-state index in [1.165, 1.54) is 37.8 Å². The number of amides is 1. The van der Waals surface area contributed by atoms with E-state index < -0.39 is 0 Å². The van der Waals surface area contributed by atoms with E-state index >= 15 is 0 Å². The van der Waals surface area contributed by atoms with Crippen molar-refractivity contribution in [3.8, 4) is 0 Å². The Morgan fingerprint density at radius 3 is 2.83 bits per heavy atom. The standard InChI is InChI=1S/C14H18N2OS/c17-13(11-6-8-1-2-10(11)5-8)16-14-15-12(7-18-14)9-3-4-9/h7-11H,1-6H2,(H,15,16,17). The van der Waals surface area contributed by atoms with Crippen molar-refractivity contribution in [2.24, 2.45) is 17.8 Å². The first-order valence-electron chi connectivity index (χ1n) is 7.06. The molecule has 4 rings (SSSR count). The zero-order valence-corrected chi connectivity index (χ0v) is 11.2. The Morgan fingerprint density at radius 1 is 1.28 bits per heavy atom. The smallest absolute Gasteiger partial charge is 0.229 e. The molecule has 2 bridgehead atoms. The molecular formula is C14H18N2OS. The van der Waals surface area contributed by atoms with Gasteiger partial charge in [-0.2, -0.15) is 0 Å². The SMILES string of the molecule is O=C(Nc1nc(C2CC2)cs1)C1CC2CCC1C2. The van der Waals surface area contributed by atoms with Gasteiger partial charge in [-0.05, 0) is 43.9 Å². The quantitative estimate of drug-likeness (QED) is 0.907. The van der Waals surface area contributed by atoms with E-state index in [2.05, 4.69) is 15.7 Å². The number of nitrogens with one attached hydrogen (secondary N) is 1. The topological polar surface area (TPSA) is 42.0 Å². The second-order valence-electron chi connectivity index (χ2n) is 6.12. The Balaban J connectivity index is 1.42. The van der Waals surface area contributed by atoms with E-state index in [0.717, 1.165) is 17.5 Å². The fourth-order valence-corrected chi connectivity index (χ4v) is 4.47. The predicted molar refractivity (Wildman–Crippen MR) is 71.7 cm³/mol. The van der Waals surface area contributed by atoms with Gasteiger partial charge in [-0.3, -0.25) is 4.79 Å². The monoisotopic (exact) mass is 262 g/mol. The Labute approximate surface area is 111 Å².